The molecule has 1 amide bonds. The molecule has 28 heavy (non-hydrogen) atoms. The van der Waals surface area contributed by atoms with Crippen molar-refractivity contribution in [1.29, 1.82) is 0 Å². The van der Waals surface area contributed by atoms with Gasteiger partial charge < -0.3 is 10.6 Å². The van der Waals surface area contributed by atoms with Crippen molar-refractivity contribution in [3.05, 3.63) is 53.3 Å². The van der Waals surface area contributed by atoms with Gasteiger partial charge >= 0.3 is 0 Å². The van der Waals surface area contributed by atoms with Crippen molar-refractivity contribution >= 4 is 30.7 Å². The van der Waals surface area contributed by atoms with Gasteiger partial charge in [-0.15, -0.1) is 24.8 Å². The zero-order valence-electron chi connectivity index (χ0n) is 16.0. The summed E-state index contributed by atoms with van der Waals surface area (Å²) >= 11 is 0. The molecule has 2 aliphatic rings. The van der Waals surface area contributed by atoms with Crippen LogP contribution in [0.3, 0.4) is 0 Å². The van der Waals surface area contributed by atoms with Gasteiger partial charge in [0.2, 0.25) is 0 Å². The normalized spacial score (nSPS) is 17.1. The Morgan fingerprint density at radius 2 is 1.89 bits per heavy atom. The van der Waals surface area contributed by atoms with E-state index in [1.165, 1.54) is 5.56 Å². The second-order valence-electron chi connectivity index (χ2n) is 7.34. The van der Waals surface area contributed by atoms with Gasteiger partial charge in [-0.2, -0.15) is 5.10 Å². The van der Waals surface area contributed by atoms with E-state index >= 15 is 0 Å². The molecular weight excluding hydrogens is 397 g/mol. The van der Waals surface area contributed by atoms with E-state index in [0.29, 0.717) is 11.6 Å². The van der Waals surface area contributed by atoms with Gasteiger partial charge in [0, 0.05) is 26.2 Å². The molecule has 0 radical (unpaired) electrons. The minimum atomic E-state index is -0.0416. The van der Waals surface area contributed by atoms with Gasteiger partial charge in [-0.3, -0.25) is 14.4 Å². The Balaban J connectivity index is 0.00000140. The van der Waals surface area contributed by atoms with Gasteiger partial charge in [-0.1, -0.05) is 30.3 Å². The molecule has 0 spiro atoms. The highest BCUT2D eigenvalue weighted by Gasteiger charge is 2.21. The molecule has 6 nitrogen and oxygen atoms in total. The molecule has 1 saturated heterocycles. The van der Waals surface area contributed by atoms with E-state index in [1.54, 1.807) is 0 Å². The lowest BCUT2D eigenvalue weighted by atomic mass is 9.98. The first-order chi connectivity index (χ1) is 12.8. The lowest BCUT2D eigenvalue weighted by molar-refractivity contribution is 0.0938. The molecule has 0 atom stereocenters. The smallest absolute Gasteiger partial charge is 0.271 e. The van der Waals surface area contributed by atoms with Crippen molar-refractivity contribution in [2.24, 2.45) is 5.92 Å². The number of carbonyl (C=O) groups is 1. The molecule has 3 heterocycles. The Kier molecular flexibility index (Phi) is 8.76. The predicted octanol–water partition coefficient (Wildman–Crippen LogP) is 2.47. The quantitative estimate of drug-likeness (QED) is 0.771. The Labute approximate surface area is 178 Å². The summed E-state index contributed by atoms with van der Waals surface area (Å²) in [5.41, 5.74) is 3.00. The Morgan fingerprint density at radius 1 is 1.14 bits per heavy atom. The molecule has 1 fully saturated rings. The molecule has 2 N–H and O–H groups in total. The summed E-state index contributed by atoms with van der Waals surface area (Å²) in [6.07, 6.45) is 2.27. The molecule has 4 rings (SSSR count). The van der Waals surface area contributed by atoms with Crippen LogP contribution in [-0.4, -0.2) is 46.8 Å². The summed E-state index contributed by atoms with van der Waals surface area (Å²) in [6.45, 7) is 6.42. The van der Waals surface area contributed by atoms with Gasteiger partial charge in [0.25, 0.3) is 5.91 Å². The van der Waals surface area contributed by atoms with Crippen molar-refractivity contribution in [2.75, 3.05) is 26.2 Å². The highest BCUT2D eigenvalue weighted by Crippen LogP contribution is 2.17. The summed E-state index contributed by atoms with van der Waals surface area (Å²) in [7, 11) is 0. The lowest BCUT2D eigenvalue weighted by Crippen LogP contribution is -2.36. The number of nitrogens with one attached hydrogen (secondary N) is 2. The summed E-state index contributed by atoms with van der Waals surface area (Å²) < 4.78 is 1.99. The van der Waals surface area contributed by atoms with E-state index in [4.69, 9.17) is 0 Å². The van der Waals surface area contributed by atoms with Crippen molar-refractivity contribution in [3.8, 4) is 0 Å². The first kappa shape index (κ1) is 22.7. The molecule has 0 saturated carbocycles. The largest absolute Gasteiger partial charge is 0.350 e. The second kappa shape index (κ2) is 10.8. The topological polar surface area (TPSA) is 62.2 Å². The number of amides is 1. The van der Waals surface area contributed by atoms with E-state index in [2.05, 4.69) is 44.9 Å². The van der Waals surface area contributed by atoms with Crippen LogP contribution in [0, 0.1) is 5.92 Å². The van der Waals surface area contributed by atoms with Crippen LogP contribution in [0.25, 0.3) is 0 Å². The van der Waals surface area contributed by atoms with Crippen LogP contribution in [0.15, 0.2) is 36.4 Å². The van der Waals surface area contributed by atoms with Gasteiger partial charge in [0.05, 0.1) is 12.2 Å². The highest BCUT2D eigenvalue weighted by molar-refractivity contribution is 5.92. The fourth-order valence-electron chi connectivity index (χ4n) is 3.82. The van der Waals surface area contributed by atoms with E-state index in [-0.39, 0.29) is 30.7 Å². The molecule has 0 aliphatic carbocycles. The summed E-state index contributed by atoms with van der Waals surface area (Å²) in [5.74, 6) is 0.541. The minimum Gasteiger partial charge on any atom is -0.350 e. The van der Waals surface area contributed by atoms with Crippen molar-refractivity contribution in [2.45, 2.75) is 32.5 Å². The van der Waals surface area contributed by atoms with Gasteiger partial charge in [-0.25, -0.2) is 0 Å². The van der Waals surface area contributed by atoms with Crippen LogP contribution in [0.5, 0.6) is 0 Å². The molecule has 1 aromatic carbocycles. The van der Waals surface area contributed by atoms with Crippen molar-refractivity contribution in [1.82, 2.24) is 25.3 Å². The number of hydrogen-bond donors (Lipinski definition) is 2. The Bertz CT molecular complexity index is 746. The number of halogens is 2. The Hall–Kier alpha value is -1.60. The van der Waals surface area contributed by atoms with Crippen LogP contribution in [0.4, 0.5) is 0 Å². The third kappa shape index (κ3) is 5.70. The maximum Gasteiger partial charge on any atom is 0.271 e. The second-order valence-corrected chi connectivity index (χ2v) is 7.34. The number of aromatic nitrogens is 2. The summed E-state index contributed by atoms with van der Waals surface area (Å²) in [4.78, 5) is 14.9. The molecule has 2 aromatic rings. The van der Waals surface area contributed by atoms with Crippen molar-refractivity contribution in [3.63, 3.8) is 0 Å². The molecule has 1 aromatic heterocycles. The molecule has 0 bridgehead atoms. The third-order valence-corrected chi connectivity index (χ3v) is 5.37. The van der Waals surface area contributed by atoms with Crippen LogP contribution in [-0.2, 0) is 19.6 Å². The van der Waals surface area contributed by atoms with E-state index < -0.39 is 0 Å². The molecular formula is C20H29Cl2N5O. The van der Waals surface area contributed by atoms with Gasteiger partial charge in [-0.05, 0) is 43.5 Å². The number of nitrogens with zero attached hydrogens (tertiary/aromatic N) is 3. The van der Waals surface area contributed by atoms with Crippen LogP contribution >= 0.6 is 24.8 Å². The van der Waals surface area contributed by atoms with Crippen molar-refractivity contribution < 1.29 is 4.79 Å². The van der Waals surface area contributed by atoms with E-state index in [9.17, 15) is 4.79 Å². The first-order valence-corrected chi connectivity index (χ1v) is 9.60. The highest BCUT2D eigenvalue weighted by atomic mass is 35.5. The van der Waals surface area contributed by atoms with Crippen LogP contribution in [0.2, 0.25) is 0 Å². The maximum atomic E-state index is 12.5. The fraction of sp³-hybridized carbons (Fsp3) is 0.500. The van der Waals surface area contributed by atoms with Crippen LogP contribution in [0.1, 0.15) is 34.6 Å². The number of piperidine rings is 1. The number of fused-ring (bicyclic) bond motifs is 1. The SMILES string of the molecule is Cl.Cl.O=C(NCC1CCNCC1)c1cc2n(n1)CCN(Cc1ccccc1)C2. The number of benzene rings is 1. The average Bonchev–Trinajstić information content (AvgIpc) is 3.11. The molecule has 8 heteroatoms. The van der Waals surface area contributed by atoms with Gasteiger partial charge in [0.1, 0.15) is 5.69 Å². The summed E-state index contributed by atoms with van der Waals surface area (Å²) in [6, 6.07) is 12.5. The lowest BCUT2D eigenvalue weighted by Gasteiger charge is -2.27. The predicted molar refractivity (Wildman–Crippen MR) is 115 cm³/mol. The zero-order valence-corrected chi connectivity index (χ0v) is 17.6. The summed E-state index contributed by atoms with van der Waals surface area (Å²) in [5, 5.41) is 10.9. The van der Waals surface area contributed by atoms with Gasteiger partial charge in [0.15, 0.2) is 0 Å². The maximum absolute atomic E-state index is 12.5. The zero-order chi connectivity index (χ0) is 17.8. The molecule has 0 unspecified atom stereocenters. The van der Waals surface area contributed by atoms with E-state index in [0.717, 1.165) is 64.3 Å². The number of rotatable bonds is 5. The fourth-order valence-corrected chi connectivity index (χ4v) is 3.82. The van der Waals surface area contributed by atoms with Crippen LogP contribution < -0.4 is 10.6 Å². The number of hydrogen-bond acceptors (Lipinski definition) is 4. The average molecular weight is 426 g/mol. The monoisotopic (exact) mass is 425 g/mol. The molecule has 154 valence electrons. The number of carbonyl (C=O) groups excluding carboxylic acids is 1. The molecule has 2 aliphatic heterocycles. The third-order valence-electron chi connectivity index (χ3n) is 5.37. The first-order valence-electron chi connectivity index (χ1n) is 9.60. The Morgan fingerprint density at radius 3 is 2.64 bits per heavy atom. The standard InChI is InChI=1S/C20H27N5O.2ClH/c26-20(22-13-16-6-8-21-9-7-16)19-12-18-15-24(10-11-25(18)23-19)14-17-4-2-1-3-5-17;;/h1-5,12,16,21H,6-11,13-15H2,(H,22,26);2*1H. The minimum absolute atomic E-state index is 0. The van der Waals surface area contributed by atoms with E-state index in [1.807, 2.05) is 16.8 Å².